The molecule has 0 spiro atoms. The minimum absolute atomic E-state index is 0.439. The zero-order valence-electron chi connectivity index (χ0n) is 10.7. The molecule has 1 rings (SSSR count). The molecule has 1 N–H and O–H groups in total. The van der Waals surface area contributed by atoms with Crippen LogP contribution in [-0.4, -0.2) is 26.3 Å². The lowest BCUT2D eigenvalue weighted by molar-refractivity contribution is 0.131. The number of ether oxygens (including phenoxy) is 1. The van der Waals surface area contributed by atoms with E-state index >= 15 is 0 Å². The maximum atomic E-state index is 5.56. The van der Waals surface area contributed by atoms with Gasteiger partial charge in [-0.05, 0) is 37.6 Å². The van der Waals surface area contributed by atoms with E-state index in [1.165, 1.54) is 12.0 Å². The molecule has 0 aliphatic heterocycles. The van der Waals surface area contributed by atoms with Gasteiger partial charge in [0.15, 0.2) is 0 Å². The summed E-state index contributed by atoms with van der Waals surface area (Å²) in [7, 11) is 0. The van der Waals surface area contributed by atoms with Crippen LogP contribution in [0.1, 0.15) is 31.7 Å². The van der Waals surface area contributed by atoms with E-state index < -0.39 is 0 Å². The Bertz CT molecular complexity index is 300. The molecule has 2 nitrogen and oxygen atoms in total. The summed E-state index contributed by atoms with van der Waals surface area (Å²) in [4.78, 5) is 0. The van der Waals surface area contributed by atoms with Gasteiger partial charge in [0.25, 0.3) is 0 Å². The summed E-state index contributed by atoms with van der Waals surface area (Å²) in [6.07, 6.45) is 1.17. The van der Waals surface area contributed by atoms with Crippen LogP contribution in [0.4, 0.5) is 0 Å². The van der Waals surface area contributed by atoms with Crippen LogP contribution < -0.4 is 5.32 Å². The van der Waals surface area contributed by atoms with Crippen LogP contribution >= 0.6 is 15.9 Å². The molecule has 0 saturated carbocycles. The molecule has 0 aliphatic rings. The number of nitrogens with one attached hydrogen (secondary N) is 1. The molecule has 1 unspecified atom stereocenters. The molecule has 17 heavy (non-hydrogen) atoms. The average molecular weight is 300 g/mol. The van der Waals surface area contributed by atoms with Crippen molar-refractivity contribution in [2.45, 2.75) is 26.2 Å². The van der Waals surface area contributed by atoms with Gasteiger partial charge < -0.3 is 10.1 Å². The average Bonchev–Trinajstić information content (AvgIpc) is 2.35. The Morgan fingerprint density at radius 1 is 1.24 bits per heavy atom. The van der Waals surface area contributed by atoms with Crippen LogP contribution in [0.5, 0.6) is 0 Å². The number of hydrogen-bond donors (Lipinski definition) is 1. The molecule has 3 heteroatoms. The fourth-order valence-corrected chi connectivity index (χ4v) is 1.99. The van der Waals surface area contributed by atoms with E-state index in [2.05, 4.69) is 52.4 Å². The van der Waals surface area contributed by atoms with E-state index in [1.807, 2.05) is 6.92 Å². The molecular formula is C14H22BrNO. The van der Waals surface area contributed by atoms with E-state index in [1.54, 1.807) is 0 Å². The standard InChI is InChI=1S/C14H22BrNO/c1-3-9-16-10-13(11-17-4-2)12-5-7-14(15)8-6-12/h5-8,13,16H,3-4,9-11H2,1-2H3. The van der Waals surface area contributed by atoms with Crippen molar-refractivity contribution in [3.05, 3.63) is 34.3 Å². The Morgan fingerprint density at radius 3 is 2.53 bits per heavy atom. The lowest BCUT2D eigenvalue weighted by atomic mass is 10.00. The van der Waals surface area contributed by atoms with Crippen LogP contribution in [0.3, 0.4) is 0 Å². The number of benzene rings is 1. The lowest BCUT2D eigenvalue weighted by Crippen LogP contribution is -2.25. The summed E-state index contributed by atoms with van der Waals surface area (Å²) >= 11 is 3.46. The monoisotopic (exact) mass is 299 g/mol. The summed E-state index contributed by atoms with van der Waals surface area (Å²) in [6, 6.07) is 8.52. The van der Waals surface area contributed by atoms with Gasteiger partial charge in [-0.25, -0.2) is 0 Å². The lowest BCUT2D eigenvalue weighted by Gasteiger charge is -2.18. The second-order valence-electron chi connectivity index (χ2n) is 4.11. The van der Waals surface area contributed by atoms with Crippen molar-refractivity contribution in [1.29, 1.82) is 0 Å². The third-order valence-corrected chi connectivity index (χ3v) is 3.21. The Kier molecular flexibility index (Phi) is 7.49. The van der Waals surface area contributed by atoms with E-state index in [-0.39, 0.29) is 0 Å². The Balaban J connectivity index is 2.57. The number of rotatable bonds is 8. The molecule has 0 heterocycles. The smallest absolute Gasteiger partial charge is 0.0546 e. The van der Waals surface area contributed by atoms with Crippen LogP contribution in [0.25, 0.3) is 0 Å². The van der Waals surface area contributed by atoms with Crippen molar-refractivity contribution in [3.8, 4) is 0 Å². The van der Waals surface area contributed by atoms with Gasteiger partial charge in [-0.1, -0.05) is 35.0 Å². The van der Waals surface area contributed by atoms with E-state index in [9.17, 15) is 0 Å². The molecule has 0 aliphatic carbocycles. The van der Waals surface area contributed by atoms with Gasteiger partial charge in [0.05, 0.1) is 6.61 Å². The minimum atomic E-state index is 0.439. The highest BCUT2D eigenvalue weighted by Crippen LogP contribution is 2.18. The van der Waals surface area contributed by atoms with Gasteiger partial charge in [-0.3, -0.25) is 0 Å². The highest BCUT2D eigenvalue weighted by Gasteiger charge is 2.10. The predicted octanol–water partition coefficient (Wildman–Crippen LogP) is 3.57. The van der Waals surface area contributed by atoms with Gasteiger partial charge in [0, 0.05) is 23.5 Å². The molecular weight excluding hydrogens is 278 g/mol. The van der Waals surface area contributed by atoms with Gasteiger partial charge in [0.2, 0.25) is 0 Å². The fraction of sp³-hybridized carbons (Fsp3) is 0.571. The molecule has 96 valence electrons. The molecule has 0 radical (unpaired) electrons. The first-order valence-corrected chi connectivity index (χ1v) is 7.11. The third kappa shape index (κ3) is 5.66. The zero-order chi connectivity index (χ0) is 12.5. The highest BCUT2D eigenvalue weighted by atomic mass is 79.9. The Morgan fingerprint density at radius 2 is 1.94 bits per heavy atom. The predicted molar refractivity (Wildman–Crippen MR) is 76.5 cm³/mol. The van der Waals surface area contributed by atoms with Gasteiger partial charge in [-0.15, -0.1) is 0 Å². The molecule has 0 amide bonds. The van der Waals surface area contributed by atoms with Crippen molar-refractivity contribution in [2.24, 2.45) is 0 Å². The van der Waals surface area contributed by atoms with E-state index in [4.69, 9.17) is 4.74 Å². The number of halogens is 1. The highest BCUT2D eigenvalue weighted by molar-refractivity contribution is 9.10. The molecule has 1 aromatic rings. The topological polar surface area (TPSA) is 21.3 Å². The van der Waals surface area contributed by atoms with Crippen LogP contribution in [-0.2, 0) is 4.74 Å². The third-order valence-electron chi connectivity index (χ3n) is 2.68. The van der Waals surface area contributed by atoms with Crippen molar-refractivity contribution in [1.82, 2.24) is 5.32 Å². The van der Waals surface area contributed by atoms with Gasteiger partial charge >= 0.3 is 0 Å². The molecule has 0 aromatic heterocycles. The van der Waals surface area contributed by atoms with Gasteiger partial charge in [-0.2, -0.15) is 0 Å². The quantitative estimate of drug-likeness (QED) is 0.741. The zero-order valence-corrected chi connectivity index (χ0v) is 12.3. The molecule has 1 aromatic carbocycles. The fourth-order valence-electron chi connectivity index (χ4n) is 1.72. The normalized spacial score (nSPS) is 12.6. The first kappa shape index (κ1) is 14.7. The second kappa shape index (κ2) is 8.67. The van der Waals surface area contributed by atoms with E-state index in [0.29, 0.717) is 5.92 Å². The molecule has 0 fully saturated rings. The molecule has 0 saturated heterocycles. The van der Waals surface area contributed by atoms with Gasteiger partial charge in [0.1, 0.15) is 0 Å². The van der Waals surface area contributed by atoms with Crippen LogP contribution in [0.2, 0.25) is 0 Å². The maximum Gasteiger partial charge on any atom is 0.0546 e. The summed E-state index contributed by atoms with van der Waals surface area (Å²) < 4.78 is 6.68. The molecule has 0 bridgehead atoms. The summed E-state index contributed by atoms with van der Waals surface area (Å²) in [6.45, 7) is 7.84. The maximum absolute atomic E-state index is 5.56. The second-order valence-corrected chi connectivity index (χ2v) is 5.03. The summed E-state index contributed by atoms with van der Waals surface area (Å²) in [5, 5.41) is 3.47. The van der Waals surface area contributed by atoms with Crippen LogP contribution in [0, 0.1) is 0 Å². The van der Waals surface area contributed by atoms with Crippen molar-refractivity contribution < 1.29 is 4.74 Å². The molecule has 1 atom stereocenters. The largest absolute Gasteiger partial charge is 0.381 e. The van der Waals surface area contributed by atoms with Crippen molar-refractivity contribution >= 4 is 15.9 Å². The number of hydrogen-bond acceptors (Lipinski definition) is 2. The summed E-state index contributed by atoms with van der Waals surface area (Å²) in [5.74, 6) is 0.439. The first-order valence-electron chi connectivity index (χ1n) is 6.31. The Hall–Kier alpha value is -0.380. The van der Waals surface area contributed by atoms with Crippen molar-refractivity contribution in [2.75, 3.05) is 26.3 Å². The first-order chi connectivity index (χ1) is 8.27. The Labute approximate surface area is 113 Å². The SMILES string of the molecule is CCCNCC(COCC)c1ccc(Br)cc1. The minimum Gasteiger partial charge on any atom is -0.381 e. The van der Waals surface area contributed by atoms with E-state index in [0.717, 1.165) is 30.8 Å². The summed E-state index contributed by atoms with van der Waals surface area (Å²) in [5.41, 5.74) is 1.34. The van der Waals surface area contributed by atoms with Crippen molar-refractivity contribution in [3.63, 3.8) is 0 Å². The van der Waals surface area contributed by atoms with Crippen LogP contribution in [0.15, 0.2) is 28.7 Å².